The van der Waals surface area contributed by atoms with Gasteiger partial charge in [-0.05, 0) is 0 Å². The topological polar surface area (TPSA) is 18.5 Å². The van der Waals surface area contributed by atoms with E-state index in [-0.39, 0.29) is 3.54 Å². The van der Waals surface area contributed by atoms with Gasteiger partial charge in [-0.3, -0.25) is 0 Å². The summed E-state index contributed by atoms with van der Waals surface area (Å²) in [7, 11) is -3.04. The van der Waals surface area contributed by atoms with Gasteiger partial charge >= 0.3 is 107 Å². The predicted octanol–water partition coefficient (Wildman–Crippen LogP) is 2.42. The molecule has 84 valence electrons. The predicted molar refractivity (Wildman–Crippen MR) is 72.6 cm³/mol. The summed E-state index contributed by atoms with van der Waals surface area (Å²) in [5, 5.41) is 0. The Morgan fingerprint density at radius 2 is 1.40 bits per heavy atom. The second-order valence-corrected chi connectivity index (χ2v) is 19.1. The summed E-state index contributed by atoms with van der Waals surface area (Å²) in [5.41, 5.74) is 0. The van der Waals surface area contributed by atoms with Crippen molar-refractivity contribution >= 4 is 42.8 Å². The zero-order valence-corrected chi connectivity index (χ0v) is 15.9. The molecule has 0 N–H and O–H groups in total. The molecule has 5 heteroatoms. The van der Waals surface area contributed by atoms with E-state index < -0.39 is 39.1 Å². The van der Waals surface area contributed by atoms with Crippen molar-refractivity contribution in [2.24, 2.45) is 0 Å². The summed E-state index contributed by atoms with van der Waals surface area (Å²) in [6.45, 7) is 13.4. The van der Waals surface area contributed by atoms with Crippen molar-refractivity contribution in [1.82, 2.24) is 0 Å². The van der Waals surface area contributed by atoms with Gasteiger partial charge < -0.3 is 0 Å². The molecule has 1 aliphatic rings. The molecule has 2 nitrogen and oxygen atoms in total. The van der Waals surface area contributed by atoms with E-state index in [2.05, 4.69) is 55.2 Å². The van der Waals surface area contributed by atoms with Gasteiger partial charge in [-0.1, -0.05) is 0 Å². The molecule has 0 aliphatic carbocycles. The van der Waals surface area contributed by atoms with Crippen molar-refractivity contribution in [3.05, 3.63) is 12.2 Å². The first-order chi connectivity index (χ1) is 6.62. The molecule has 0 saturated carbocycles. The Bertz CT molecular complexity index is 257. The molecule has 1 heterocycles. The molecule has 0 aromatic rings. The van der Waals surface area contributed by atoms with Gasteiger partial charge in [0, 0.05) is 0 Å². The van der Waals surface area contributed by atoms with E-state index in [0.29, 0.717) is 0 Å². The zero-order chi connectivity index (χ0) is 11.7. The second-order valence-electron chi connectivity index (χ2n) is 5.87. The van der Waals surface area contributed by atoms with Crippen molar-refractivity contribution in [2.45, 2.75) is 42.8 Å². The summed E-state index contributed by atoms with van der Waals surface area (Å²) in [5.74, 6) is 0. The first-order valence-electron chi connectivity index (χ1n) is 5.39. The molecule has 0 unspecified atom stereocenters. The summed E-state index contributed by atoms with van der Waals surface area (Å²) in [4.78, 5) is 0. The Morgan fingerprint density at radius 3 is 1.67 bits per heavy atom. The van der Waals surface area contributed by atoms with E-state index in [1.807, 2.05) is 0 Å². The van der Waals surface area contributed by atoms with Crippen molar-refractivity contribution in [3.63, 3.8) is 0 Å². The molecule has 0 radical (unpaired) electrons. The van der Waals surface area contributed by atoms with Gasteiger partial charge in [0.1, 0.15) is 0 Å². The molecule has 0 spiro atoms. The molecule has 0 amide bonds. The van der Waals surface area contributed by atoms with E-state index in [1.54, 1.807) is 0 Å². The van der Waals surface area contributed by atoms with E-state index >= 15 is 0 Å². The van der Waals surface area contributed by atoms with E-state index in [4.69, 9.17) is 8.85 Å². The minimum absolute atomic E-state index is 0.259. The summed E-state index contributed by atoms with van der Waals surface area (Å²) in [6, 6.07) is 0. The van der Waals surface area contributed by atoms with Crippen LogP contribution in [0.4, 0.5) is 0 Å². The van der Waals surface area contributed by atoms with Crippen molar-refractivity contribution < 1.29 is 8.85 Å². The number of allylic oxidation sites excluding steroid dienone is 1. The molecule has 1 rings (SSSR count). The van der Waals surface area contributed by atoms with Crippen LogP contribution in [-0.2, 0) is 8.85 Å². The molecule has 0 aromatic heterocycles. The molecule has 0 bridgehead atoms. The van der Waals surface area contributed by atoms with E-state index in [9.17, 15) is 0 Å². The molecule has 0 aromatic carbocycles. The van der Waals surface area contributed by atoms with E-state index in [1.165, 1.54) is 0 Å². The Balaban J connectivity index is 2.82. The van der Waals surface area contributed by atoms with Crippen LogP contribution in [0, 0.1) is 0 Å². The zero-order valence-electron chi connectivity index (χ0n) is 10.6. The Morgan fingerprint density at radius 1 is 0.933 bits per heavy atom. The molecule has 15 heavy (non-hydrogen) atoms. The average molecular weight is 344 g/mol. The van der Waals surface area contributed by atoms with E-state index in [0.717, 1.165) is 0 Å². The third kappa shape index (κ3) is 5.13. The van der Waals surface area contributed by atoms with Crippen LogP contribution < -0.4 is 0 Å². The maximum atomic E-state index is 6.28. The Hall–Kier alpha value is 0.834. The first kappa shape index (κ1) is 13.9. The maximum absolute atomic E-state index is 6.28. The molecule has 1 aliphatic heterocycles. The fourth-order valence-electron chi connectivity index (χ4n) is 1.55. The fraction of sp³-hybridized carbons (Fsp3) is 0.700. The van der Waals surface area contributed by atoms with Gasteiger partial charge in [0.05, 0.1) is 0 Å². The van der Waals surface area contributed by atoms with Crippen LogP contribution >= 0.6 is 0 Å². The van der Waals surface area contributed by atoms with Crippen LogP contribution in [0.5, 0.6) is 0 Å². The van der Waals surface area contributed by atoms with Gasteiger partial charge in [0.25, 0.3) is 0 Å². The number of hydrogen-bond acceptors (Lipinski definition) is 2. The monoisotopic (exact) mass is 344 g/mol. The van der Waals surface area contributed by atoms with Crippen LogP contribution in [-0.4, -0.2) is 46.4 Å². The van der Waals surface area contributed by atoms with Crippen LogP contribution in [0.1, 0.15) is 0 Å². The fourth-order valence-corrected chi connectivity index (χ4v) is 13.2. The van der Waals surface area contributed by atoms with Crippen molar-refractivity contribution in [1.29, 1.82) is 0 Å². The van der Waals surface area contributed by atoms with Gasteiger partial charge in [-0.15, -0.1) is 0 Å². The molecule has 0 atom stereocenters. The van der Waals surface area contributed by atoms with Crippen LogP contribution in [0.3, 0.4) is 0 Å². The van der Waals surface area contributed by atoms with Crippen molar-refractivity contribution in [2.75, 3.05) is 0 Å². The third-order valence-electron chi connectivity index (χ3n) is 1.70. The first-order valence-corrected chi connectivity index (χ1v) is 15.8. The second kappa shape index (κ2) is 4.60. The molecule has 0 fully saturated rings. The van der Waals surface area contributed by atoms with Gasteiger partial charge in [0.15, 0.2) is 0 Å². The summed E-state index contributed by atoms with van der Waals surface area (Å²) in [6.07, 6.45) is 4.30. The average Bonchev–Trinajstić information content (AvgIpc) is 2.27. The van der Waals surface area contributed by atoms with Crippen LogP contribution in [0.15, 0.2) is 12.2 Å². The number of hydrogen-bond donors (Lipinski definition) is 0. The van der Waals surface area contributed by atoms with Gasteiger partial charge in [-0.2, -0.15) is 0 Å². The van der Waals surface area contributed by atoms with Gasteiger partial charge in [0.2, 0.25) is 0 Å². The quantitative estimate of drug-likeness (QED) is 0.576. The minimum atomic E-state index is -1.52. The summed E-state index contributed by atoms with van der Waals surface area (Å²) >= 11 is -0.893. The Kier molecular flexibility index (Phi) is 4.26. The molecule has 0 saturated heterocycles. The molecular formula is C10H21InO2Si2. The third-order valence-corrected chi connectivity index (χ3v) is 8.64. The van der Waals surface area contributed by atoms with Crippen molar-refractivity contribution in [3.8, 4) is 0 Å². The number of rotatable bonds is 4. The normalized spacial score (nSPS) is 19.3. The van der Waals surface area contributed by atoms with Crippen LogP contribution in [0.2, 0.25) is 39.3 Å². The van der Waals surface area contributed by atoms with Gasteiger partial charge in [-0.25, -0.2) is 0 Å². The standard InChI is InChI=1S/C10H21O2Si2.In/c1-8-9-10(11-13(2,3)4)12-14(5,6)7;/h1,8-9H,2-7H3;. The SMILES string of the molecule is C[Si](C)(C)O[C]1(O[Si](C)(C)C)C=C[CH]=[In]1. The summed E-state index contributed by atoms with van der Waals surface area (Å²) < 4.78 is 14.6. The Labute approximate surface area is 106 Å². The van der Waals surface area contributed by atoms with Crippen LogP contribution in [0.25, 0.3) is 0 Å². The molecular weight excluding hydrogens is 323 g/mol.